The first kappa shape index (κ1) is 19.2. The van der Waals surface area contributed by atoms with Gasteiger partial charge in [-0.1, -0.05) is 6.42 Å². The van der Waals surface area contributed by atoms with Crippen LogP contribution in [0.2, 0.25) is 0 Å². The molecular formula is C16H25Cl2N3O. The lowest BCUT2D eigenvalue weighted by Gasteiger charge is -2.43. The Morgan fingerprint density at radius 1 is 1.23 bits per heavy atom. The van der Waals surface area contributed by atoms with Crippen molar-refractivity contribution >= 4 is 36.4 Å². The molecule has 6 heteroatoms. The average molecular weight is 346 g/mol. The van der Waals surface area contributed by atoms with E-state index >= 15 is 0 Å². The van der Waals surface area contributed by atoms with E-state index in [0.29, 0.717) is 17.9 Å². The molecule has 2 saturated carbocycles. The third-order valence-corrected chi connectivity index (χ3v) is 4.93. The monoisotopic (exact) mass is 345 g/mol. The molecule has 0 aromatic carbocycles. The van der Waals surface area contributed by atoms with E-state index < -0.39 is 0 Å². The molecule has 0 radical (unpaired) electrons. The number of anilines is 1. The summed E-state index contributed by atoms with van der Waals surface area (Å²) in [5.41, 5.74) is 8.14. The quantitative estimate of drug-likeness (QED) is 0.863. The van der Waals surface area contributed by atoms with Crippen molar-refractivity contribution in [1.29, 1.82) is 0 Å². The highest BCUT2D eigenvalue weighted by Gasteiger charge is 2.40. The highest BCUT2D eigenvalue weighted by Crippen LogP contribution is 2.42. The molecule has 2 aliphatic rings. The SMILES string of the molecule is Cc1cncc(NC(=O)C2CC3CCCC(C2)C3N)c1.Cl.Cl. The Bertz CT molecular complexity index is 498. The molecule has 3 rings (SSSR count). The number of nitrogens with one attached hydrogen (secondary N) is 1. The second-order valence-corrected chi connectivity index (χ2v) is 6.44. The van der Waals surface area contributed by atoms with Gasteiger partial charge in [-0.2, -0.15) is 0 Å². The van der Waals surface area contributed by atoms with E-state index in [1.165, 1.54) is 19.3 Å². The summed E-state index contributed by atoms with van der Waals surface area (Å²) in [5, 5.41) is 3.01. The molecule has 2 aliphatic carbocycles. The fraction of sp³-hybridized carbons (Fsp3) is 0.625. The first-order valence-electron chi connectivity index (χ1n) is 7.61. The summed E-state index contributed by atoms with van der Waals surface area (Å²) in [7, 11) is 0. The zero-order valence-electron chi connectivity index (χ0n) is 12.8. The number of nitrogens with zero attached hydrogens (tertiary/aromatic N) is 1. The predicted octanol–water partition coefficient (Wildman–Crippen LogP) is 3.33. The Labute approximate surface area is 144 Å². The van der Waals surface area contributed by atoms with E-state index in [-0.39, 0.29) is 36.6 Å². The third kappa shape index (κ3) is 4.12. The van der Waals surface area contributed by atoms with Crippen LogP contribution in [-0.4, -0.2) is 16.9 Å². The summed E-state index contributed by atoms with van der Waals surface area (Å²) in [5.74, 6) is 1.33. The van der Waals surface area contributed by atoms with Gasteiger partial charge in [0, 0.05) is 18.2 Å². The molecule has 0 saturated heterocycles. The number of fused-ring (bicyclic) bond motifs is 2. The molecule has 0 spiro atoms. The summed E-state index contributed by atoms with van der Waals surface area (Å²) in [6.07, 6.45) is 9.05. The fourth-order valence-electron chi connectivity index (χ4n) is 3.87. The lowest BCUT2D eigenvalue weighted by atomic mass is 9.65. The standard InChI is InChI=1S/C16H23N3O.2ClH/c1-10-5-14(9-18-8-10)19-16(20)13-6-11-3-2-4-12(7-13)15(11)17;;/h5,8-9,11-13,15H,2-4,6-7,17H2,1H3,(H,19,20);2*1H. The molecule has 2 fully saturated rings. The van der Waals surface area contributed by atoms with Gasteiger partial charge < -0.3 is 11.1 Å². The fourth-order valence-corrected chi connectivity index (χ4v) is 3.87. The number of pyridine rings is 1. The molecule has 4 nitrogen and oxygen atoms in total. The van der Waals surface area contributed by atoms with Gasteiger partial charge in [-0.15, -0.1) is 24.8 Å². The lowest BCUT2D eigenvalue weighted by Crippen LogP contribution is -2.48. The van der Waals surface area contributed by atoms with Gasteiger partial charge in [0.05, 0.1) is 11.9 Å². The predicted molar refractivity (Wildman–Crippen MR) is 93.6 cm³/mol. The van der Waals surface area contributed by atoms with Crippen LogP contribution < -0.4 is 11.1 Å². The number of carbonyl (C=O) groups excluding carboxylic acids is 1. The highest BCUT2D eigenvalue weighted by atomic mass is 35.5. The smallest absolute Gasteiger partial charge is 0.227 e. The number of hydrogen-bond donors (Lipinski definition) is 2. The van der Waals surface area contributed by atoms with Gasteiger partial charge in [0.2, 0.25) is 5.91 Å². The summed E-state index contributed by atoms with van der Waals surface area (Å²) in [4.78, 5) is 16.6. The number of hydrogen-bond acceptors (Lipinski definition) is 3. The van der Waals surface area contributed by atoms with Crippen molar-refractivity contribution < 1.29 is 4.79 Å². The first-order valence-corrected chi connectivity index (χ1v) is 7.61. The molecule has 2 atom stereocenters. The van der Waals surface area contributed by atoms with Crippen molar-refractivity contribution in [2.75, 3.05) is 5.32 Å². The number of aromatic nitrogens is 1. The molecule has 2 unspecified atom stereocenters. The summed E-state index contributed by atoms with van der Waals surface area (Å²) >= 11 is 0. The van der Waals surface area contributed by atoms with Crippen LogP contribution in [0.3, 0.4) is 0 Å². The maximum absolute atomic E-state index is 12.4. The van der Waals surface area contributed by atoms with Crippen LogP contribution in [0, 0.1) is 24.7 Å². The number of halogens is 2. The Morgan fingerprint density at radius 3 is 2.45 bits per heavy atom. The number of rotatable bonds is 2. The topological polar surface area (TPSA) is 68.0 Å². The van der Waals surface area contributed by atoms with Crippen molar-refractivity contribution in [2.24, 2.45) is 23.5 Å². The van der Waals surface area contributed by atoms with Crippen molar-refractivity contribution in [3.8, 4) is 0 Å². The molecule has 0 aliphatic heterocycles. The van der Waals surface area contributed by atoms with Crippen LogP contribution >= 0.6 is 24.8 Å². The van der Waals surface area contributed by atoms with E-state index in [1.54, 1.807) is 12.4 Å². The second-order valence-electron chi connectivity index (χ2n) is 6.44. The molecule has 22 heavy (non-hydrogen) atoms. The molecule has 3 N–H and O–H groups in total. The maximum atomic E-state index is 12.4. The van der Waals surface area contributed by atoms with E-state index in [4.69, 9.17) is 5.73 Å². The van der Waals surface area contributed by atoms with Gasteiger partial charge in [0.1, 0.15) is 0 Å². The molecule has 1 amide bonds. The first-order chi connectivity index (χ1) is 9.63. The number of nitrogens with two attached hydrogens (primary N) is 1. The van der Waals surface area contributed by atoms with Crippen molar-refractivity contribution in [3.05, 3.63) is 24.0 Å². The normalized spacial score (nSPS) is 29.7. The van der Waals surface area contributed by atoms with E-state index in [2.05, 4.69) is 10.3 Å². The molecule has 2 bridgehead atoms. The van der Waals surface area contributed by atoms with Crippen LogP contribution in [-0.2, 0) is 4.79 Å². The van der Waals surface area contributed by atoms with Crippen molar-refractivity contribution in [1.82, 2.24) is 4.98 Å². The molecule has 124 valence electrons. The van der Waals surface area contributed by atoms with Gasteiger partial charge in [-0.05, 0) is 56.1 Å². The van der Waals surface area contributed by atoms with E-state index in [1.807, 2.05) is 13.0 Å². The highest BCUT2D eigenvalue weighted by molar-refractivity contribution is 5.92. The zero-order valence-corrected chi connectivity index (χ0v) is 14.5. The summed E-state index contributed by atoms with van der Waals surface area (Å²) in [6.45, 7) is 1.98. The summed E-state index contributed by atoms with van der Waals surface area (Å²) < 4.78 is 0. The Balaban J connectivity index is 0.00000121. The minimum Gasteiger partial charge on any atom is -0.327 e. The maximum Gasteiger partial charge on any atom is 0.227 e. The van der Waals surface area contributed by atoms with Crippen LogP contribution in [0.1, 0.15) is 37.7 Å². The molecule has 1 aromatic rings. The minimum absolute atomic E-state index is 0. The third-order valence-electron chi connectivity index (χ3n) is 4.93. The van der Waals surface area contributed by atoms with Crippen LogP contribution in [0.4, 0.5) is 5.69 Å². The number of aryl methyl sites for hydroxylation is 1. The molecule has 1 aromatic heterocycles. The van der Waals surface area contributed by atoms with Crippen LogP contribution in [0.15, 0.2) is 18.5 Å². The van der Waals surface area contributed by atoms with E-state index in [0.717, 1.165) is 24.1 Å². The Hall–Kier alpha value is -0.840. The van der Waals surface area contributed by atoms with E-state index in [9.17, 15) is 4.79 Å². The second kappa shape index (κ2) is 8.14. The number of amides is 1. The minimum atomic E-state index is 0. The van der Waals surface area contributed by atoms with Crippen molar-refractivity contribution in [3.63, 3.8) is 0 Å². The Morgan fingerprint density at radius 2 is 1.86 bits per heavy atom. The lowest BCUT2D eigenvalue weighted by molar-refractivity contribution is -0.122. The van der Waals surface area contributed by atoms with Crippen LogP contribution in [0.5, 0.6) is 0 Å². The average Bonchev–Trinajstić information content (AvgIpc) is 2.38. The van der Waals surface area contributed by atoms with Gasteiger partial charge in [0.15, 0.2) is 0 Å². The van der Waals surface area contributed by atoms with Gasteiger partial charge in [0.25, 0.3) is 0 Å². The zero-order chi connectivity index (χ0) is 14.1. The summed E-state index contributed by atoms with van der Waals surface area (Å²) in [6, 6.07) is 2.27. The van der Waals surface area contributed by atoms with Gasteiger partial charge in [-0.25, -0.2) is 0 Å². The molecule has 1 heterocycles. The van der Waals surface area contributed by atoms with Crippen molar-refractivity contribution in [2.45, 2.75) is 45.1 Å². The van der Waals surface area contributed by atoms with Gasteiger partial charge in [-0.3, -0.25) is 9.78 Å². The van der Waals surface area contributed by atoms with Gasteiger partial charge >= 0.3 is 0 Å². The van der Waals surface area contributed by atoms with Crippen LogP contribution in [0.25, 0.3) is 0 Å². The largest absolute Gasteiger partial charge is 0.327 e. The molecular weight excluding hydrogens is 321 g/mol. The Kier molecular flexibility index (Phi) is 7.10. The number of carbonyl (C=O) groups is 1.